The summed E-state index contributed by atoms with van der Waals surface area (Å²) in [5.41, 5.74) is 1.22. The van der Waals surface area contributed by atoms with Crippen molar-refractivity contribution in [2.75, 3.05) is 11.4 Å². The van der Waals surface area contributed by atoms with Gasteiger partial charge in [-0.2, -0.15) is 0 Å². The van der Waals surface area contributed by atoms with Gasteiger partial charge in [0.15, 0.2) is 0 Å². The van der Waals surface area contributed by atoms with Gasteiger partial charge in [-0.3, -0.25) is 14.5 Å². The molecule has 2 heterocycles. The van der Waals surface area contributed by atoms with Crippen LogP contribution in [0.15, 0.2) is 12.1 Å². The molecule has 0 radical (unpaired) electrons. The number of fused-ring (bicyclic) bond motifs is 1. The number of anilines is 1. The molecule has 1 N–H and O–H groups in total. The second-order valence-corrected chi connectivity index (χ2v) is 7.07. The Morgan fingerprint density at radius 2 is 1.95 bits per heavy atom. The Morgan fingerprint density at radius 3 is 2.55 bits per heavy atom. The first-order valence-corrected chi connectivity index (χ1v) is 7.86. The van der Waals surface area contributed by atoms with Crippen LogP contribution in [0, 0.1) is 5.82 Å². The molecule has 1 saturated carbocycles. The lowest BCUT2D eigenvalue weighted by atomic mass is 9.85. The van der Waals surface area contributed by atoms with Crippen LogP contribution < -0.4 is 10.2 Å². The third-order valence-electron chi connectivity index (χ3n) is 5.13. The summed E-state index contributed by atoms with van der Waals surface area (Å²) in [5.74, 6) is -0.327. The van der Waals surface area contributed by atoms with Gasteiger partial charge in [0.2, 0.25) is 11.8 Å². The SMILES string of the molecule is CC1(C)C(=O)N(C2CCNC2=O)c2c(F)cc(C3CC3)cc21. The average molecular weight is 302 g/mol. The summed E-state index contributed by atoms with van der Waals surface area (Å²) in [7, 11) is 0. The van der Waals surface area contributed by atoms with Crippen LogP contribution >= 0.6 is 0 Å². The molecule has 22 heavy (non-hydrogen) atoms. The average Bonchev–Trinajstić information content (AvgIpc) is 3.20. The molecule has 2 aliphatic heterocycles. The van der Waals surface area contributed by atoms with Crippen molar-refractivity contribution >= 4 is 17.5 Å². The molecule has 4 nitrogen and oxygen atoms in total. The number of amides is 2. The summed E-state index contributed by atoms with van der Waals surface area (Å²) in [6.45, 7) is 4.17. The highest BCUT2D eigenvalue weighted by atomic mass is 19.1. The van der Waals surface area contributed by atoms with E-state index in [0.29, 0.717) is 24.6 Å². The maximum absolute atomic E-state index is 14.8. The van der Waals surface area contributed by atoms with Crippen molar-refractivity contribution in [1.82, 2.24) is 5.32 Å². The molecule has 0 bridgehead atoms. The van der Waals surface area contributed by atoms with Crippen LogP contribution in [-0.2, 0) is 15.0 Å². The van der Waals surface area contributed by atoms with Gasteiger partial charge >= 0.3 is 0 Å². The van der Waals surface area contributed by atoms with Crippen LogP contribution in [0.5, 0.6) is 0 Å². The molecule has 2 amide bonds. The minimum absolute atomic E-state index is 0.184. The molecular weight excluding hydrogens is 283 g/mol. The van der Waals surface area contributed by atoms with Crippen LogP contribution in [0.2, 0.25) is 0 Å². The lowest BCUT2D eigenvalue weighted by molar-refractivity contribution is -0.126. The van der Waals surface area contributed by atoms with Gasteiger partial charge in [0.05, 0.1) is 11.1 Å². The largest absolute Gasteiger partial charge is 0.354 e. The maximum Gasteiger partial charge on any atom is 0.243 e. The molecule has 2 fully saturated rings. The lowest BCUT2D eigenvalue weighted by Crippen LogP contribution is -2.46. The predicted molar refractivity (Wildman–Crippen MR) is 80.3 cm³/mol. The lowest BCUT2D eigenvalue weighted by Gasteiger charge is -2.24. The van der Waals surface area contributed by atoms with Gasteiger partial charge in [0.25, 0.3) is 0 Å². The van der Waals surface area contributed by atoms with Crippen molar-refractivity contribution in [3.63, 3.8) is 0 Å². The Morgan fingerprint density at radius 1 is 1.23 bits per heavy atom. The summed E-state index contributed by atoms with van der Waals surface area (Å²) < 4.78 is 14.8. The fourth-order valence-electron chi connectivity index (χ4n) is 3.64. The Bertz CT molecular complexity index is 694. The van der Waals surface area contributed by atoms with Crippen molar-refractivity contribution in [3.05, 3.63) is 29.1 Å². The molecule has 4 rings (SSSR count). The van der Waals surface area contributed by atoms with E-state index in [0.717, 1.165) is 24.0 Å². The number of nitrogens with one attached hydrogen (secondary N) is 1. The normalized spacial score (nSPS) is 26.3. The predicted octanol–water partition coefficient (Wildman–Crippen LogP) is 2.22. The molecule has 0 aromatic heterocycles. The monoisotopic (exact) mass is 302 g/mol. The number of carbonyl (C=O) groups excluding carboxylic acids is 2. The summed E-state index contributed by atoms with van der Waals surface area (Å²) in [6.07, 6.45) is 2.70. The van der Waals surface area contributed by atoms with Crippen LogP contribution in [0.4, 0.5) is 10.1 Å². The fourth-order valence-corrected chi connectivity index (χ4v) is 3.64. The topological polar surface area (TPSA) is 49.4 Å². The van der Waals surface area contributed by atoms with Crippen LogP contribution in [0.25, 0.3) is 0 Å². The van der Waals surface area contributed by atoms with Gasteiger partial charge < -0.3 is 5.32 Å². The van der Waals surface area contributed by atoms with Crippen molar-refractivity contribution in [1.29, 1.82) is 0 Å². The summed E-state index contributed by atoms with van der Waals surface area (Å²) >= 11 is 0. The third-order valence-corrected chi connectivity index (χ3v) is 5.13. The van der Waals surface area contributed by atoms with E-state index in [1.165, 1.54) is 4.90 Å². The maximum atomic E-state index is 14.8. The van der Waals surface area contributed by atoms with E-state index < -0.39 is 11.5 Å². The van der Waals surface area contributed by atoms with E-state index in [1.807, 2.05) is 19.9 Å². The second-order valence-electron chi connectivity index (χ2n) is 7.07. The van der Waals surface area contributed by atoms with Crippen LogP contribution in [0.3, 0.4) is 0 Å². The van der Waals surface area contributed by atoms with Gasteiger partial charge in [-0.25, -0.2) is 4.39 Å². The van der Waals surface area contributed by atoms with Crippen molar-refractivity contribution in [3.8, 4) is 0 Å². The highest BCUT2D eigenvalue weighted by Gasteiger charge is 2.50. The Balaban J connectivity index is 1.88. The van der Waals surface area contributed by atoms with Gasteiger partial charge in [-0.15, -0.1) is 0 Å². The van der Waals surface area contributed by atoms with E-state index in [-0.39, 0.29) is 17.6 Å². The highest BCUT2D eigenvalue weighted by Crippen LogP contribution is 2.49. The standard InChI is InChI=1S/C17H19FN2O2/c1-17(2)11-7-10(9-3-4-9)8-12(18)14(11)20(16(17)22)13-5-6-19-15(13)21/h7-9,13H,3-6H2,1-2H3,(H,19,21). The van der Waals surface area contributed by atoms with E-state index in [9.17, 15) is 14.0 Å². The van der Waals surface area contributed by atoms with E-state index in [2.05, 4.69) is 5.32 Å². The second kappa shape index (κ2) is 4.31. The number of rotatable bonds is 2. The van der Waals surface area contributed by atoms with Crippen LogP contribution in [0.1, 0.15) is 50.2 Å². The molecule has 1 saturated heterocycles. The van der Waals surface area contributed by atoms with Gasteiger partial charge in [-0.1, -0.05) is 6.07 Å². The summed E-state index contributed by atoms with van der Waals surface area (Å²) in [5, 5.41) is 2.73. The smallest absolute Gasteiger partial charge is 0.243 e. The summed E-state index contributed by atoms with van der Waals surface area (Å²) in [4.78, 5) is 26.2. The van der Waals surface area contributed by atoms with E-state index in [4.69, 9.17) is 0 Å². The van der Waals surface area contributed by atoms with Crippen molar-refractivity contribution < 1.29 is 14.0 Å². The minimum atomic E-state index is -0.788. The molecular formula is C17H19FN2O2. The van der Waals surface area contributed by atoms with Gasteiger partial charge in [0, 0.05) is 6.54 Å². The molecule has 1 aromatic carbocycles. The molecule has 0 spiro atoms. The minimum Gasteiger partial charge on any atom is -0.354 e. The fraction of sp³-hybridized carbons (Fsp3) is 0.529. The summed E-state index contributed by atoms with van der Waals surface area (Å²) in [6, 6.07) is 2.93. The van der Waals surface area contributed by atoms with E-state index >= 15 is 0 Å². The van der Waals surface area contributed by atoms with Crippen LogP contribution in [-0.4, -0.2) is 24.4 Å². The molecule has 5 heteroatoms. The number of halogens is 1. The first-order chi connectivity index (χ1) is 10.4. The molecule has 1 aliphatic carbocycles. The van der Waals surface area contributed by atoms with Gasteiger partial charge in [0.1, 0.15) is 11.9 Å². The zero-order valence-electron chi connectivity index (χ0n) is 12.8. The quantitative estimate of drug-likeness (QED) is 0.910. The van der Waals surface area contributed by atoms with E-state index in [1.54, 1.807) is 6.07 Å². The molecule has 3 aliphatic rings. The number of carbonyl (C=O) groups is 2. The first-order valence-electron chi connectivity index (χ1n) is 7.86. The van der Waals surface area contributed by atoms with Crippen molar-refractivity contribution in [2.45, 2.75) is 50.5 Å². The number of benzene rings is 1. The highest BCUT2D eigenvalue weighted by molar-refractivity contribution is 6.11. The number of hydrogen-bond donors (Lipinski definition) is 1. The zero-order valence-corrected chi connectivity index (χ0v) is 12.8. The van der Waals surface area contributed by atoms with Gasteiger partial charge in [-0.05, 0) is 56.2 Å². The third kappa shape index (κ3) is 1.74. The Labute approximate surface area is 128 Å². The number of hydrogen-bond acceptors (Lipinski definition) is 2. The number of nitrogens with zero attached hydrogens (tertiary/aromatic N) is 1. The first kappa shape index (κ1) is 13.7. The molecule has 116 valence electrons. The Kier molecular flexibility index (Phi) is 2.69. The molecule has 1 aromatic rings. The van der Waals surface area contributed by atoms with Crippen molar-refractivity contribution in [2.24, 2.45) is 0 Å². The Hall–Kier alpha value is -1.91. The zero-order chi connectivity index (χ0) is 15.6. The molecule has 1 unspecified atom stereocenters. The molecule has 1 atom stereocenters.